The molecule has 1 heterocycles. The maximum absolute atomic E-state index is 9.74. The summed E-state index contributed by atoms with van der Waals surface area (Å²) < 4.78 is 6.39. The Labute approximate surface area is 136 Å². The van der Waals surface area contributed by atoms with Crippen LogP contribution in [-0.2, 0) is 16.9 Å². The number of nitrogens with one attached hydrogen (secondary N) is 1. The van der Waals surface area contributed by atoms with E-state index in [-0.39, 0.29) is 0 Å². The molecule has 1 N–H and O–H groups in total. The lowest BCUT2D eigenvalue weighted by molar-refractivity contribution is 0.0786. The first kappa shape index (κ1) is 14.4. The van der Waals surface area contributed by atoms with Crippen LogP contribution in [0, 0.1) is 11.3 Å². The molecule has 0 bridgehead atoms. The summed E-state index contributed by atoms with van der Waals surface area (Å²) in [5.41, 5.74) is 1.92. The van der Waals surface area contributed by atoms with Gasteiger partial charge in [-0.1, -0.05) is 35.9 Å². The summed E-state index contributed by atoms with van der Waals surface area (Å²) >= 11 is 9.40. The summed E-state index contributed by atoms with van der Waals surface area (Å²) in [6.45, 7) is 0.840. The van der Waals surface area contributed by atoms with Crippen LogP contribution in [-0.4, -0.2) is 6.61 Å². The first-order valence-electron chi connectivity index (χ1n) is 6.45. The molecule has 0 spiro atoms. The fourth-order valence-corrected chi connectivity index (χ4v) is 2.99. The van der Waals surface area contributed by atoms with Gasteiger partial charge < -0.3 is 10.1 Å². The van der Waals surface area contributed by atoms with Crippen molar-refractivity contribution in [3.63, 3.8) is 0 Å². The molecule has 21 heavy (non-hydrogen) atoms. The second-order valence-corrected chi connectivity index (χ2v) is 6.18. The molecule has 0 saturated heterocycles. The molecule has 0 amide bonds. The third-order valence-electron chi connectivity index (χ3n) is 3.52. The monoisotopic (exact) mass is 362 g/mol. The van der Waals surface area contributed by atoms with Crippen molar-refractivity contribution < 1.29 is 4.74 Å². The molecule has 2 aromatic rings. The molecule has 1 aliphatic heterocycles. The van der Waals surface area contributed by atoms with Gasteiger partial charge in [0.05, 0.1) is 24.3 Å². The van der Waals surface area contributed by atoms with Crippen molar-refractivity contribution in [2.45, 2.75) is 12.1 Å². The van der Waals surface area contributed by atoms with Crippen molar-refractivity contribution >= 4 is 33.2 Å². The molecule has 106 valence electrons. The van der Waals surface area contributed by atoms with Gasteiger partial charge >= 0.3 is 0 Å². The predicted molar refractivity (Wildman–Crippen MR) is 86.2 cm³/mol. The Balaban J connectivity index is 2.02. The summed E-state index contributed by atoms with van der Waals surface area (Å²) in [7, 11) is 0. The number of fused-ring (bicyclic) bond motifs is 1. The number of hydrogen-bond acceptors (Lipinski definition) is 3. The van der Waals surface area contributed by atoms with Gasteiger partial charge in [-0.25, -0.2) is 0 Å². The van der Waals surface area contributed by atoms with E-state index in [1.54, 1.807) is 6.07 Å². The van der Waals surface area contributed by atoms with Crippen LogP contribution in [0.3, 0.4) is 0 Å². The maximum Gasteiger partial charge on any atom is 0.174 e. The molecule has 0 aromatic heterocycles. The number of nitriles is 1. The van der Waals surface area contributed by atoms with Crippen LogP contribution in [0.5, 0.6) is 0 Å². The van der Waals surface area contributed by atoms with Crippen LogP contribution < -0.4 is 5.32 Å². The summed E-state index contributed by atoms with van der Waals surface area (Å²) in [5, 5.41) is 13.7. The lowest BCUT2D eigenvalue weighted by Crippen LogP contribution is -2.42. The second kappa shape index (κ2) is 5.69. The van der Waals surface area contributed by atoms with Crippen molar-refractivity contribution in [1.29, 1.82) is 5.26 Å². The largest absolute Gasteiger partial charge is 0.373 e. The second-order valence-electron chi connectivity index (χ2n) is 4.92. The average Bonchev–Trinajstić information content (AvgIpc) is 2.51. The molecular formula is C16H12BrClN2O. The van der Waals surface area contributed by atoms with Gasteiger partial charge in [-0.3, -0.25) is 0 Å². The van der Waals surface area contributed by atoms with E-state index >= 15 is 0 Å². The van der Waals surface area contributed by atoms with E-state index < -0.39 is 5.54 Å². The van der Waals surface area contributed by atoms with Crippen LogP contribution in [0.25, 0.3) is 0 Å². The average molecular weight is 364 g/mol. The number of anilines is 1. The Bertz CT molecular complexity index is 728. The highest BCUT2D eigenvalue weighted by Crippen LogP contribution is 2.35. The normalized spacial score (nSPS) is 20.4. The molecule has 0 fully saturated rings. The van der Waals surface area contributed by atoms with E-state index in [1.807, 2.05) is 36.4 Å². The lowest BCUT2D eigenvalue weighted by Gasteiger charge is -2.34. The first-order valence-corrected chi connectivity index (χ1v) is 7.62. The quantitative estimate of drug-likeness (QED) is 0.856. The van der Waals surface area contributed by atoms with E-state index in [4.69, 9.17) is 16.3 Å². The van der Waals surface area contributed by atoms with Crippen molar-refractivity contribution in [1.82, 2.24) is 0 Å². The van der Waals surface area contributed by atoms with E-state index in [9.17, 15) is 5.26 Å². The van der Waals surface area contributed by atoms with Crippen molar-refractivity contribution in [3.8, 4) is 6.07 Å². The van der Waals surface area contributed by atoms with Crippen LogP contribution in [0.4, 0.5) is 5.69 Å². The van der Waals surface area contributed by atoms with Gasteiger partial charge in [0.15, 0.2) is 5.54 Å². The molecule has 0 radical (unpaired) electrons. The molecule has 0 aliphatic carbocycles. The predicted octanol–water partition coefficient (Wildman–Crippen LogP) is 4.46. The molecule has 1 aliphatic rings. The highest BCUT2D eigenvalue weighted by molar-refractivity contribution is 9.10. The summed E-state index contributed by atoms with van der Waals surface area (Å²) in [4.78, 5) is 0. The van der Waals surface area contributed by atoms with Gasteiger partial charge in [0.2, 0.25) is 0 Å². The fraction of sp³-hybridized carbons (Fsp3) is 0.188. The minimum Gasteiger partial charge on any atom is -0.373 e. The van der Waals surface area contributed by atoms with Crippen LogP contribution >= 0.6 is 27.5 Å². The summed E-state index contributed by atoms with van der Waals surface area (Å²) in [6, 6.07) is 15.7. The summed E-state index contributed by atoms with van der Waals surface area (Å²) in [5.74, 6) is 0. The van der Waals surface area contributed by atoms with Gasteiger partial charge in [0.1, 0.15) is 0 Å². The third kappa shape index (κ3) is 2.65. The minimum absolute atomic E-state index is 0.306. The van der Waals surface area contributed by atoms with Gasteiger partial charge in [0, 0.05) is 10.2 Å². The van der Waals surface area contributed by atoms with Gasteiger partial charge in [-0.05, 0) is 45.3 Å². The SMILES string of the molecule is N#CC1(Nc2ccc(Cl)c(Br)c2)COCc2ccccc21. The number of rotatable bonds is 2. The molecule has 1 unspecified atom stereocenters. The smallest absolute Gasteiger partial charge is 0.174 e. The van der Waals surface area contributed by atoms with E-state index in [1.165, 1.54) is 0 Å². The topological polar surface area (TPSA) is 45.0 Å². The van der Waals surface area contributed by atoms with Crippen molar-refractivity contribution in [2.24, 2.45) is 0 Å². The maximum atomic E-state index is 9.74. The standard InChI is InChI=1S/C16H12BrClN2O/c17-14-7-12(5-6-15(14)18)20-16(9-19)10-21-8-11-3-1-2-4-13(11)16/h1-7,20H,8,10H2. The van der Waals surface area contributed by atoms with Crippen LogP contribution in [0.1, 0.15) is 11.1 Å². The molecule has 3 nitrogen and oxygen atoms in total. The molecule has 5 heteroatoms. The summed E-state index contributed by atoms with van der Waals surface area (Å²) in [6.07, 6.45) is 0. The van der Waals surface area contributed by atoms with Crippen LogP contribution in [0.2, 0.25) is 5.02 Å². The number of benzene rings is 2. The minimum atomic E-state index is -0.887. The number of hydrogen-bond donors (Lipinski definition) is 1. The lowest BCUT2D eigenvalue weighted by atomic mass is 9.86. The van der Waals surface area contributed by atoms with E-state index in [0.717, 1.165) is 21.3 Å². The molecule has 2 aromatic carbocycles. The van der Waals surface area contributed by atoms with E-state index in [0.29, 0.717) is 18.2 Å². The zero-order chi connectivity index (χ0) is 14.9. The van der Waals surface area contributed by atoms with Crippen molar-refractivity contribution in [3.05, 3.63) is 63.1 Å². The first-order chi connectivity index (χ1) is 10.1. The molecule has 0 saturated carbocycles. The highest BCUT2D eigenvalue weighted by Gasteiger charge is 2.37. The molecule has 3 rings (SSSR count). The Morgan fingerprint density at radius 2 is 2.10 bits per heavy atom. The van der Waals surface area contributed by atoms with Crippen molar-refractivity contribution in [2.75, 3.05) is 11.9 Å². The van der Waals surface area contributed by atoms with Gasteiger partial charge in [-0.15, -0.1) is 0 Å². The van der Waals surface area contributed by atoms with Crippen LogP contribution in [0.15, 0.2) is 46.9 Å². The molecular weight excluding hydrogens is 352 g/mol. The third-order valence-corrected chi connectivity index (χ3v) is 4.74. The Morgan fingerprint density at radius 1 is 1.29 bits per heavy atom. The number of ether oxygens (including phenoxy) is 1. The Kier molecular flexibility index (Phi) is 3.90. The number of nitrogens with zero attached hydrogens (tertiary/aromatic N) is 1. The van der Waals surface area contributed by atoms with Gasteiger partial charge in [-0.2, -0.15) is 5.26 Å². The Hall–Kier alpha value is -1.54. The molecule has 1 atom stereocenters. The Morgan fingerprint density at radius 3 is 2.86 bits per heavy atom. The number of halogens is 2. The van der Waals surface area contributed by atoms with E-state index in [2.05, 4.69) is 27.3 Å². The fourth-order valence-electron chi connectivity index (χ4n) is 2.50. The van der Waals surface area contributed by atoms with Gasteiger partial charge in [0.25, 0.3) is 0 Å². The zero-order valence-electron chi connectivity index (χ0n) is 11.1. The zero-order valence-corrected chi connectivity index (χ0v) is 13.4. The highest BCUT2D eigenvalue weighted by atomic mass is 79.9.